The van der Waals surface area contributed by atoms with Crippen molar-refractivity contribution in [2.75, 3.05) is 6.16 Å². The van der Waals surface area contributed by atoms with Crippen LogP contribution in [0.2, 0.25) is 0 Å². The molecular formula is C8H9NaO2P+. The van der Waals surface area contributed by atoms with Crippen LogP contribution in [0.1, 0.15) is 5.56 Å². The molecule has 0 fully saturated rings. The molecule has 1 rings (SSSR count). The maximum atomic E-state index is 10.2. The molecule has 0 amide bonds. The van der Waals surface area contributed by atoms with E-state index < -0.39 is 8.03 Å². The van der Waals surface area contributed by atoms with Crippen LogP contribution in [0.15, 0.2) is 30.3 Å². The molecule has 2 nitrogen and oxygen atoms in total. The van der Waals surface area contributed by atoms with Crippen LogP contribution in [0.4, 0.5) is 0 Å². The second kappa shape index (κ2) is 6.76. The molecule has 58 valence electrons. The van der Waals surface area contributed by atoms with Crippen LogP contribution in [-0.2, 0) is 11.0 Å². The van der Waals surface area contributed by atoms with E-state index in [0.29, 0.717) is 6.42 Å². The predicted molar refractivity (Wildman–Crippen MR) is 42.6 cm³/mol. The molecule has 1 atom stereocenters. The Hall–Kier alpha value is 0.280. The molecule has 0 saturated heterocycles. The molecule has 0 aliphatic carbocycles. The molecule has 0 spiro atoms. The second-order valence-electron chi connectivity index (χ2n) is 2.29. The van der Waals surface area contributed by atoms with Crippen molar-refractivity contribution in [3.05, 3.63) is 35.9 Å². The number of hydrogen-bond acceptors (Lipinski definition) is 2. The quantitative estimate of drug-likeness (QED) is 0.423. The maximum Gasteiger partial charge on any atom is 1.00 e. The van der Waals surface area contributed by atoms with Gasteiger partial charge in [-0.15, -0.1) is 0 Å². The molecule has 0 bridgehead atoms. The van der Waals surface area contributed by atoms with E-state index in [9.17, 15) is 9.46 Å². The van der Waals surface area contributed by atoms with E-state index in [0.717, 1.165) is 5.56 Å². The molecule has 12 heavy (non-hydrogen) atoms. The van der Waals surface area contributed by atoms with Gasteiger partial charge in [0, 0.05) is 6.42 Å². The van der Waals surface area contributed by atoms with E-state index in [4.69, 9.17) is 0 Å². The summed E-state index contributed by atoms with van der Waals surface area (Å²) in [7, 11) is -2.22. The molecular weight excluding hydrogens is 182 g/mol. The van der Waals surface area contributed by atoms with Gasteiger partial charge in [0.25, 0.3) is 0 Å². The summed E-state index contributed by atoms with van der Waals surface area (Å²) >= 11 is 0. The molecule has 0 saturated carbocycles. The minimum Gasteiger partial charge on any atom is -0.596 e. The first kappa shape index (κ1) is 12.3. The topological polar surface area (TPSA) is 40.1 Å². The predicted octanol–water partition coefficient (Wildman–Crippen LogP) is -1.66. The largest absolute Gasteiger partial charge is 1.00 e. The van der Waals surface area contributed by atoms with Crippen LogP contribution in [0.3, 0.4) is 0 Å². The second-order valence-corrected chi connectivity index (χ2v) is 3.40. The molecule has 0 aliphatic heterocycles. The van der Waals surface area contributed by atoms with E-state index >= 15 is 0 Å². The Bertz CT molecular complexity index is 238. The normalized spacial score (nSPS) is 10.2. The zero-order chi connectivity index (χ0) is 8.10. The van der Waals surface area contributed by atoms with Crippen molar-refractivity contribution in [3.8, 4) is 0 Å². The Morgan fingerprint density at radius 2 is 1.83 bits per heavy atom. The number of hydrogen-bond donors (Lipinski definition) is 0. The van der Waals surface area contributed by atoms with E-state index in [2.05, 4.69) is 0 Å². The van der Waals surface area contributed by atoms with Crippen LogP contribution in [0.5, 0.6) is 0 Å². The zero-order valence-electron chi connectivity index (χ0n) is 7.06. The van der Waals surface area contributed by atoms with Gasteiger partial charge in [0.05, 0.1) is 0 Å². The van der Waals surface area contributed by atoms with Crippen molar-refractivity contribution in [2.24, 2.45) is 0 Å². The average Bonchev–Trinajstić information content (AvgIpc) is 2.03. The van der Waals surface area contributed by atoms with Gasteiger partial charge in [-0.2, -0.15) is 0 Å². The summed E-state index contributed by atoms with van der Waals surface area (Å²) < 4.78 is 10.2. The van der Waals surface area contributed by atoms with E-state index in [1.807, 2.05) is 30.3 Å². The van der Waals surface area contributed by atoms with Crippen molar-refractivity contribution in [3.63, 3.8) is 0 Å². The van der Waals surface area contributed by atoms with Crippen molar-refractivity contribution in [2.45, 2.75) is 6.42 Å². The Morgan fingerprint density at radius 3 is 2.33 bits per heavy atom. The average molecular weight is 191 g/mol. The fourth-order valence-corrected chi connectivity index (χ4v) is 1.31. The molecule has 0 N–H and O–H groups in total. The zero-order valence-corrected chi connectivity index (χ0v) is 9.96. The van der Waals surface area contributed by atoms with Crippen LogP contribution in [0, 0.1) is 0 Å². The monoisotopic (exact) mass is 191 g/mol. The Labute approximate surface area is 95.2 Å². The van der Waals surface area contributed by atoms with Gasteiger partial charge in [0.15, 0.2) is 0 Å². The fraction of sp³-hybridized carbons (Fsp3) is 0.250. The van der Waals surface area contributed by atoms with Crippen LogP contribution >= 0.6 is 8.03 Å². The maximum absolute atomic E-state index is 10.2. The van der Waals surface area contributed by atoms with Crippen LogP contribution < -0.4 is 34.5 Å². The van der Waals surface area contributed by atoms with Gasteiger partial charge < -0.3 is 4.89 Å². The van der Waals surface area contributed by atoms with Crippen molar-refractivity contribution >= 4 is 8.03 Å². The summed E-state index contributed by atoms with van der Waals surface area (Å²) in [6.07, 6.45) is 0.874. The third kappa shape index (κ3) is 5.02. The van der Waals surface area contributed by atoms with Crippen molar-refractivity contribution in [1.82, 2.24) is 0 Å². The summed E-state index contributed by atoms with van der Waals surface area (Å²) in [5.41, 5.74) is 1.08. The minimum atomic E-state index is -2.22. The van der Waals surface area contributed by atoms with Crippen LogP contribution in [0.25, 0.3) is 0 Å². The van der Waals surface area contributed by atoms with Gasteiger partial charge in [-0.1, -0.05) is 34.9 Å². The molecule has 0 heterocycles. The smallest absolute Gasteiger partial charge is 0.596 e. The fourth-order valence-electron chi connectivity index (χ4n) is 0.865. The first-order valence-corrected chi connectivity index (χ1v) is 4.81. The standard InChI is InChI=1S/C8H9O2P.Na/c9-11(10)7-6-8-4-2-1-3-5-8;/h1-5H,6-7H2;/q;+1. The number of rotatable bonds is 3. The molecule has 1 aromatic rings. The number of benzene rings is 1. The first-order chi connectivity index (χ1) is 5.29. The molecule has 0 aliphatic rings. The SMILES string of the molecule is O=[P+]([O-])CCc1ccccc1.[Na+]. The molecule has 0 radical (unpaired) electrons. The Balaban J connectivity index is 0.00000121. The van der Waals surface area contributed by atoms with Crippen LogP contribution in [-0.4, -0.2) is 6.16 Å². The van der Waals surface area contributed by atoms with Gasteiger partial charge in [-0.25, -0.2) is 0 Å². The summed E-state index contributed by atoms with van der Waals surface area (Å²) in [4.78, 5) is 10.2. The summed E-state index contributed by atoms with van der Waals surface area (Å²) in [6.45, 7) is 0. The summed E-state index contributed by atoms with van der Waals surface area (Å²) in [5.74, 6) is 0. The Kier molecular flexibility index (Phi) is 6.92. The molecule has 1 aromatic carbocycles. The third-order valence-corrected chi connectivity index (χ3v) is 2.01. The van der Waals surface area contributed by atoms with E-state index in [1.54, 1.807) is 0 Å². The van der Waals surface area contributed by atoms with Gasteiger partial charge in [0.1, 0.15) is 6.16 Å². The van der Waals surface area contributed by atoms with E-state index in [-0.39, 0.29) is 35.7 Å². The van der Waals surface area contributed by atoms with Gasteiger partial charge in [0.2, 0.25) is 0 Å². The first-order valence-electron chi connectivity index (χ1n) is 3.45. The summed E-state index contributed by atoms with van der Waals surface area (Å²) in [6, 6.07) is 9.60. The van der Waals surface area contributed by atoms with Gasteiger partial charge in [-0.05, 0) is 5.56 Å². The minimum absolute atomic E-state index is 0. The van der Waals surface area contributed by atoms with Gasteiger partial charge in [-0.3, -0.25) is 0 Å². The molecule has 1 unspecified atom stereocenters. The third-order valence-electron chi connectivity index (χ3n) is 1.43. The van der Waals surface area contributed by atoms with Crippen molar-refractivity contribution < 1.29 is 39.0 Å². The van der Waals surface area contributed by atoms with Crippen molar-refractivity contribution in [1.29, 1.82) is 0 Å². The Morgan fingerprint density at radius 1 is 1.25 bits per heavy atom. The van der Waals surface area contributed by atoms with Gasteiger partial charge >= 0.3 is 37.6 Å². The molecule has 0 aromatic heterocycles. The number of aryl methyl sites for hydroxylation is 1. The summed E-state index contributed by atoms with van der Waals surface area (Å²) in [5, 5.41) is 0. The van der Waals surface area contributed by atoms with E-state index in [1.165, 1.54) is 0 Å². The molecule has 4 heteroatoms.